The normalized spacial score (nSPS) is 10.7. The number of fused-ring (bicyclic) bond motifs is 1. The SMILES string of the molecule is C=CC(=O)Oc1ccc2oc(-c3ccc(N(c4ccccc4)c4ccccc4)cc3)cc2c1. The Labute approximate surface area is 192 Å². The summed E-state index contributed by atoms with van der Waals surface area (Å²) in [7, 11) is 0. The van der Waals surface area contributed by atoms with Crippen LogP contribution in [0.4, 0.5) is 17.1 Å². The Hall–Kier alpha value is -4.57. The predicted molar refractivity (Wildman–Crippen MR) is 132 cm³/mol. The highest BCUT2D eigenvalue weighted by atomic mass is 16.5. The van der Waals surface area contributed by atoms with Crippen molar-refractivity contribution in [3.05, 3.63) is 122 Å². The van der Waals surface area contributed by atoms with E-state index < -0.39 is 5.97 Å². The molecular weight excluding hydrogens is 410 g/mol. The highest BCUT2D eigenvalue weighted by molar-refractivity contribution is 5.87. The standard InChI is InChI=1S/C29H21NO3/c1-2-29(31)32-26-17-18-27-22(19-26)20-28(33-27)21-13-15-25(16-14-21)30(23-9-5-3-6-10-23)24-11-7-4-8-12-24/h2-20H,1H2. The van der Waals surface area contributed by atoms with Crippen molar-refractivity contribution in [2.24, 2.45) is 0 Å². The number of carbonyl (C=O) groups is 1. The van der Waals surface area contributed by atoms with Crippen LogP contribution in [0.1, 0.15) is 0 Å². The van der Waals surface area contributed by atoms with Crippen LogP contribution in [0.25, 0.3) is 22.3 Å². The molecule has 0 unspecified atom stereocenters. The van der Waals surface area contributed by atoms with Gasteiger partial charge in [0, 0.05) is 34.1 Å². The summed E-state index contributed by atoms with van der Waals surface area (Å²) in [5.41, 5.74) is 4.90. The molecule has 0 bridgehead atoms. The van der Waals surface area contributed by atoms with Crippen LogP contribution in [-0.2, 0) is 4.79 Å². The molecular formula is C29H21NO3. The van der Waals surface area contributed by atoms with Gasteiger partial charge in [-0.2, -0.15) is 0 Å². The van der Waals surface area contributed by atoms with Gasteiger partial charge < -0.3 is 14.1 Å². The Morgan fingerprint density at radius 1 is 0.758 bits per heavy atom. The van der Waals surface area contributed by atoms with Crippen molar-refractivity contribution in [3.63, 3.8) is 0 Å². The molecule has 0 fully saturated rings. The number of esters is 1. The molecule has 4 heteroatoms. The molecule has 5 aromatic rings. The minimum atomic E-state index is -0.491. The largest absolute Gasteiger partial charge is 0.456 e. The fraction of sp³-hybridized carbons (Fsp3) is 0. The third-order valence-electron chi connectivity index (χ3n) is 5.31. The van der Waals surface area contributed by atoms with E-state index in [1.165, 1.54) is 0 Å². The molecule has 0 saturated carbocycles. The average molecular weight is 431 g/mol. The Bertz CT molecular complexity index is 1360. The fourth-order valence-electron chi connectivity index (χ4n) is 3.76. The van der Waals surface area contributed by atoms with Crippen LogP contribution in [0.3, 0.4) is 0 Å². The lowest BCUT2D eigenvalue weighted by Crippen LogP contribution is -2.09. The third kappa shape index (κ3) is 4.27. The Morgan fingerprint density at radius 3 is 1.97 bits per heavy atom. The first-order valence-electron chi connectivity index (χ1n) is 10.6. The summed E-state index contributed by atoms with van der Waals surface area (Å²) in [5.74, 6) is 0.709. The Morgan fingerprint density at radius 2 is 1.36 bits per heavy atom. The van der Waals surface area contributed by atoms with Gasteiger partial charge in [0.15, 0.2) is 0 Å². The number of para-hydroxylation sites is 2. The summed E-state index contributed by atoms with van der Waals surface area (Å²) >= 11 is 0. The molecule has 4 nitrogen and oxygen atoms in total. The number of anilines is 3. The van der Waals surface area contributed by atoms with Gasteiger partial charge in [-0.15, -0.1) is 0 Å². The van der Waals surface area contributed by atoms with Gasteiger partial charge in [0.25, 0.3) is 0 Å². The predicted octanol–water partition coefficient (Wildman–Crippen LogP) is 7.66. The number of furan rings is 1. The molecule has 0 aliphatic heterocycles. The molecule has 0 radical (unpaired) electrons. The van der Waals surface area contributed by atoms with Gasteiger partial charge in [0.1, 0.15) is 17.1 Å². The van der Waals surface area contributed by atoms with Crippen LogP contribution in [0.15, 0.2) is 126 Å². The second-order valence-corrected chi connectivity index (χ2v) is 7.49. The molecule has 0 aliphatic carbocycles. The van der Waals surface area contributed by atoms with Crippen LogP contribution < -0.4 is 9.64 Å². The van der Waals surface area contributed by atoms with Gasteiger partial charge in [-0.25, -0.2) is 4.79 Å². The highest BCUT2D eigenvalue weighted by Gasteiger charge is 2.13. The third-order valence-corrected chi connectivity index (χ3v) is 5.31. The Kier molecular flexibility index (Phi) is 5.48. The second kappa shape index (κ2) is 8.89. The summed E-state index contributed by atoms with van der Waals surface area (Å²) < 4.78 is 11.2. The maximum Gasteiger partial charge on any atom is 0.335 e. The second-order valence-electron chi connectivity index (χ2n) is 7.49. The topological polar surface area (TPSA) is 42.7 Å². The minimum absolute atomic E-state index is 0.455. The summed E-state index contributed by atoms with van der Waals surface area (Å²) in [4.78, 5) is 13.7. The molecule has 160 valence electrons. The zero-order valence-electron chi connectivity index (χ0n) is 17.8. The van der Waals surface area contributed by atoms with Gasteiger partial charge in [-0.05, 0) is 72.8 Å². The van der Waals surface area contributed by atoms with Gasteiger partial charge in [-0.1, -0.05) is 43.0 Å². The van der Waals surface area contributed by atoms with E-state index in [1.54, 1.807) is 18.2 Å². The van der Waals surface area contributed by atoms with Crippen LogP contribution in [0.2, 0.25) is 0 Å². The number of hydrogen-bond acceptors (Lipinski definition) is 4. The molecule has 1 aromatic heterocycles. The lowest BCUT2D eigenvalue weighted by atomic mass is 10.1. The smallest absolute Gasteiger partial charge is 0.335 e. The van der Waals surface area contributed by atoms with Crippen LogP contribution >= 0.6 is 0 Å². The van der Waals surface area contributed by atoms with Crippen molar-refractivity contribution >= 4 is 34.0 Å². The number of hydrogen-bond donors (Lipinski definition) is 0. The van der Waals surface area contributed by atoms with Gasteiger partial charge in [0.2, 0.25) is 0 Å². The van der Waals surface area contributed by atoms with E-state index in [4.69, 9.17) is 9.15 Å². The number of rotatable bonds is 6. The molecule has 0 amide bonds. The van der Waals surface area contributed by atoms with Crippen molar-refractivity contribution < 1.29 is 13.9 Å². The van der Waals surface area contributed by atoms with E-state index in [0.29, 0.717) is 5.75 Å². The monoisotopic (exact) mass is 431 g/mol. The van der Waals surface area contributed by atoms with Crippen LogP contribution in [0.5, 0.6) is 5.75 Å². The first-order valence-corrected chi connectivity index (χ1v) is 10.6. The molecule has 0 aliphatic rings. The maximum absolute atomic E-state index is 11.5. The quantitative estimate of drug-likeness (QED) is 0.157. The minimum Gasteiger partial charge on any atom is -0.456 e. The summed E-state index contributed by atoms with van der Waals surface area (Å²) in [6, 6.07) is 36.0. The molecule has 0 atom stereocenters. The highest BCUT2D eigenvalue weighted by Crippen LogP contribution is 2.36. The average Bonchev–Trinajstić information content (AvgIpc) is 3.29. The molecule has 33 heavy (non-hydrogen) atoms. The first-order chi connectivity index (χ1) is 16.2. The van der Waals surface area contributed by atoms with Crippen molar-refractivity contribution in [1.29, 1.82) is 0 Å². The first kappa shape index (κ1) is 20.3. The number of carbonyl (C=O) groups excluding carboxylic acids is 1. The van der Waals surface area contributed by atoms with E-state index in [2.05, 4.69) is 47.9 Å². The molecule has 0 N–H and O–H groups in total. The molecule has 1 heterocycles. The van der Waals surface area contributed by atoms with Crippen molar-refractivity contribution in [1.82, 2.24) is 0 Å². The van der Waals surface area contributed by atoms with E-state index >= 15 is 0 Å². The van der Waals surface area contributed by atoms with Crippen molar-refractivity contribution in [3.8, 4) is 17.1 Å². The van der Waals surface area contributed by atoms with Crippen molar-refractivity contribution in [2.75, 3.05) is 4.90 Å². The molecule has 5 rings (SSSR count). The van der Waals surface area contributed by atoms with Crippen LogP contribution in [-0.4, -0.2) is 5.97 Å². The zero-order valence-corrected chi connectivity index (χ0v) is 17.8. The number of benzene rings is 4. The van der Waals surface area contributed by atoms with Gasteiger partial charge in [0.05, 0.1) is 0 Å². The zero-order chi connectivity index (χ0) is 22.6. The van der Waals surface area contributed by atoms with E-state index in [1.807, 2.05) is 54.6 Å². The maximum atomic E-state index is 11.5. The Balaban J connectivity index is 1.47. The van der Waals surface area contributed by atoms with E-state index in [0.717, 1.165) is 45.4 Å². The number of ether oxygens (including phenoxy) is 1. The van der Waals surface area contributed by atoms with Crippen molar-refractivity contribution in [2.45, 2.75) is 0 Å². The molecule has 0 saturated heterocycles. The fourth-order valence-corrected chi connectivity index (χ4v) is 3.76. The lowest BCUT2D eigenvalue weighted by molar-refractivity contribution is -0.128. The van der Waals surface area contributed by atoms with E-state index in [-0.39, 0.29) is 0 Å². The summed E-state index contributed by atoms with van der Waals surface area (Å²) in [6.45, 7) is 3.42. The summed E-state index contributed by atoms with van der Waals surface area (Å²) in [5, 5.41) is 0.860. The van der Waals surface area contributed by atoms with Gasteiger partial charge in [-0.3, -0.25) is 0 Å². The van der Waals surface area contributed by atoms with Crippen LogP contribution in [0, 0.1) is 0 Å². The van der Waals surface area contributed by atoms with Gasteiger partial charge >= 0.3 is 5.97 Å². The van der Waals surface area contributed by atoms with E-state index in [9.17, 15) is 4.79 Å². The lowest BCUT2D eigenvalue weighted by Gasteiger charge is -2.25. The summed E-state index contributed by atoms with van der Waals surface area (Å²) in [6.07, 6.45) is 1.14. The molecule has 0 spiro atoms. The number of nitrogens with zero attached hydrogens (tertiary/aromatic N) is 1. The molecule has 4 aromatic carbocycles.